The van der Waals surface area contributed by atoms with E-state index in [-0.39, 0.29) is 17.4 Å². The minimum absolute atomic E-state index is 0.0829. The first-order chi connectivity index (χ1) is 10.6. The van der Waals surface area contributed by atoms with E-state index in [0.717, 1.165) is 38.0 Å². The Balaban J connectivity index is 1.55. The number of likely N-dealkylation sites (tertiary alicyclic amines) is 1. The van der Waals surface area contributed by atoms with Crippen molar-refractivity contribution in [1.29, 1.82) is 0 Å². The molecule has 1 atom stereocenters. The van der Waals surface area contributed by atoms with E-state index in [1.807, 2.05) is 33.7 Å². The highest BCUT2D eigenvalue weighted by Gasteiger charge is 2.50. The predicted molar refractivity (Wildman–Crippen MR) is 86.0 cm³/mol. The SMILES string of the molecule is CN1CC(=O)N(c2ccsc2)C[C@@]12CCN(C(=O)C1CC1)C2. The first-order valence-corrected chi connectivity index (χ1v) is 8.86. The molecule has 3 fully saturated rings. The molecule has 0 radical (unpaired) electrons. The monoisotopic (exact) mass is 319 g/mol. The van der Waals surface area contributed by atoms with Crippen LogP contribution in [0.1, 0.15) is 19.3 Å². The van der Waals surface area contributed by atoms with Crippen LogP contribution in [0.15, 0.2) is 16.8 Å². The summed E-state index contributed by atoms with van der Waals surface area (Å²) in [5.74, 6) is 0.751. The third kappa shape index (κ3) is 2.25. The third-order valence-electron chi connectivity index (χ3n) is 5.32. The lowest BCUT2D eigenvalue weighted by atomic mass is 9.93. The van der Waals surface area contributed by atoms with Gasteiger partial charge in [0.15, 0.2) is 0 Å². The Bertz CT molecular complexity index is 599. The van der Waals surface area contributed by atoms with E-state index in [2.05, 4.69) is 4.90 Å². The second-order valence-electron chi connectivity index (χ2n) is 6.83. The average molecular weight is 319 g/mol. The van der Waals surface area contributed by atoms with Gasteiger partial charge >= 0.3 is 0 Å². The van der Waals surface area contributed by atoms with Crippen LogP contribution in [0.4, 0.5) is 5.69 Å². The van der Waals surface area contributed by atoms with Gasteiger partial charge in [0.05, 0.1) is 17.8 Å². The quantitative estimate of drug-likeness (QED) is 0.828. The molecule has 1 saturated carbocycles. The van der Waals surface area contributed by atoms with Crippen molar-refractivity contribution in [2.45, 2.75) is 24.8 Å². The normalized spacial score (nSPS) is 29.6. The fourth-order valence-electron chi connectivity index (χ4n) is 3.68. The lowest BCUT2D eigenvalue weighted by Crippen LogP contribution is -2.64. The molecule has 4 rings (SSSR count). The van der Waals surface area contributed by atoms with Crippen LogP contribution in [0.2, 0.25) is 0 Å². The molecule has 1 spiro atoms. The number of anilines is 1. The number of carbonyl (C=O) groups excluding carboxylic acids is 2. The van der Waals surface area contributed by atoms with Crippen molar-refractivity contribution in [2.24, 2.45) is 5.92 Å². The Morgan fingerprint density at radius 2 is 2.18 bits per heavy atom. The van der Waals surface area contributed by atoms with Crippen LogP contribution < -0.4 is 4.90 Å². The van der Waals surface area contributed by atoms with E-state index in [1.165, 1.54) is 0 Å². The summed E-state index contributed by atoms with van der Waals surface area (Å²) in [5, 5.41) is 4.03. The Labute approximate surface area is 134 Å². The van der Waals surface area contributed by atoms with Crippen molar-refractivity contribution in [2.75, 3.05) is 38.1 Å². The zero-order valence-electron chi connectivity index (χ0n) is 12.8. The zero-order valence-corrected chi connectivity index (χ0v) is 13.6. The number of hydrogen-bond acceptors (Lipinski definition) is 4. The molecule has 2 saturated heterocycles. The molecule has 0 bridgehead atoms. The Morgan fingerprint density at radius 3 is 2.86 bits per heavy atom. The van der Waals surface area contributed by atoms with Crippen molar-refractivity contribution in [3.05, 3.63) is 16.8 Å². The van der Waals surface area contributed by atoms with E-state index >= 15 is 0 Å². The van der Waals surface area contributed by atoms with Crippen LogP contribution in [-0.4, -0.2) is 60.4 Å². The third-order valence-corrected chi connectivity index (χ3v) is 5.99. The van der Waals surface area contributed by atoms with Gasteiger partial charge in [-0.3, -0.25) is 14.5 Å². The standard InChI is InChI=1S/C16H21N3O2S/c1-17-8-14(20)19(13-4-7-22-9-13)11-16(17)5-6-18(10-16)15(21)12-2-3-12/h4,7,9,12H,2-3,5-6,8,10-11H2,1H3/t16-/m0/s1. The second-order valence-corrected chi connectivity index (χ2v) is 7.61. The van der Waals surface area contributed by atoms with Gasteiger partial charge in [-0.05, 0) is 37.8 Å². The lowest BCUT2D eigenvalue weighted by molar-refractivity contribution is -0.132. The van der Waals surface area contributed by atoms with Crippen LogP contribution in [0.5, 0.6) is 0 Å². The minimum atomic E-state index is -0.0829. The number of piperazine rings is 1. The number of amides is 2. The summed E-state index contributed by atoms with van der Waals surface area (Å²) in [5.41, 5.74) is 0.912. The highest BCUT2D eigenvalue weighted by atomic mass is 32.1. The van der Waals surface area contributed by atoms with Gasteiger partial charge in [-0.15, -0.1) is 0 Å². The van der Waals surface area contributed by atoms with Crippen LogP contribution in [0, 0.1) is 5.92 Å². The molecule has 22 heavy (non-hydrogen) atoms. The largest absolute Gasteiger partial charge is 0.340 e. The summed E-state index contributed by atoms with van der Waals surface area (Å²) in [6, 6.07) is 2.00. The average Bonchev–Trinajstić information content (AvgIpc) is 3.04. The summed E-state index contributed by atoms with van der Waals surface area (Å²) >= 11 is 1.61. The Hall–Kier alpha value is -1.40. The highest BCUT2D eigenvalue weighted by molar-refractivity contribution is 7.08. The summed E-state index contributed by atoms with van der Waals surface area (Å²) < 4.78 is 0. The Kier molecular flexibility index (Phi) is 3.27. The molecule has 3 heterocycles. The number of rotatable bonds is 2. The van der Waals surface area contributed by atoms with Crippen molar-refractivity contribution >= 4 is 28.8 Å². The van der Waals surface area contributed by atoms with Crippen molar-refractivity contribution in [3.8, 4) is 0 Å². The first kappa shape index (κ1) is 14.2. The van der Waals surface area contributed by atoms with Crippen LogP contribution >= 0.6 is 11.3 Å². The molecule has 1 aliphatic carbocycles. The van der Waals surface area contributed by atoms with E-state index in [0.29, 0.717) is 19.0 Å². The molecule has 0 unspecified atom stereocenters. The molecular formula is C16H21N3O2S. The number of likely N-dealkylation sites (N-methyl/N-ethyl adjacent to an activating group) is 1. The van der Waals surface area contributed by atoms with Gasteiger partial charge in [0.2, 0.25) is 11.8 Å². The van der Waals surface area contributed by atoms with Crippen LogP contribution in [0.3, 0.4) is 0 Å². The van der Waals surface area contributed by atoms with Gasteiger partial charge in [0.1, 0.15) is 0 Å². The summed E-state index contributed by atoms with van der Waals surface area (Å²) in [7, 11) is 2.02. The molecule has 118 valence electrons. The van der Waals surface area contributed by atoms with Crippen molar-refractivity contribution < 1.29 is 9.59 Å². The fourth-order valence-corrected chi connectivity index (χ4v) is 4.32. The smallest absolute Gasteiger partial charge is 0.241 e. The zero-order chi connectivity index (χ0) is 15.3. The van der Waals surface area contributed by atoms with Gasteiger partial charge in [-0.2, -0.15) is 11.3 Å². The van der Waals surface area contributed by atoms with Gasteiger partial charge in [-0.25, -0.2) is 0 Å². The topological polar surface area (TPSA) is 43.9 Å². The molecule has 2 aliphatic heterocycles. The maximum atomic E-state index is 12.4. The lowest BCUT2D eigenvalue weighted by Gasteiger charge is -2.46. The predicted octanol–water partition coefficient (Wildman–Crippen LogP) is 1.41. The van der Waals surface area contributed by atoms with Gasteiger partial charge in [0.25, 0.3) is 0 Å². The molecule has 3 aliphatic rings. The first-order valence-electron chi connectivity index (χ1n) is 7.92. The molecule has 5 nitrogen and oxygen atoms in total. The van der Waals surface area contributed by atoms with E-state index in [9.17, 15) is 9.59 Å². The van der Waals surface area contributed by atoms with Crippen molar-refractivity contribution in [3.63, 3.8) is 0 Å². The molecule has 2 amide bonds. The molecule has 6 heteroatoms. The molecular weight excluding hydrogens is 298 g/mol. The maximum Gasteiger partial charge on any atom is 0.241 e. The van der Waals surface area contributed by atoms with E-state index in [4.69, 9.17) is 0 Å². The summed E-state index contributed by atoms with van der Waals surface area (Å²) in [6.45, 7) is 2.70. The minimum Gasteiger partial charge on any atom is -0.340 e. The molecule has 0 N–H and O–H groups in total. The molecule has 1 aromatic rings. The fraction of sp³-hybridized carbons (Fsp3) is 0.625. The maximum absolute atomic E-state index is 12.4. The Morgan fingerprint density at radius 1 is 1.36 bits per heavy atom. The number of nitrogens with zero attached hydrogens (tertiary/aromatic N) is 3. The van der Waals surface area contributed by atoms with E-state index < -0.39 is 0 Å². The van der Waals surface area contributed by atoms with Gasteiger partial charge in [-0.1, -0.05) is 0 Å². The van der Waals surface area contributed by atoms with Crippen LogP contribution in [-0.2, 0) is 9.59 Å². The second kappa shape index (κ2) is 5.06. The van der Waals surface area contributed by atoms with Gasteiger partial charge in [0, 0.05) is 30.9 Å². The van der Waals surface area contributed by atoms with Crippen molar-refractivity contribution in [1.82, 2.24) is 9.80 Å². The number of hydrogen-bond donors (Lipinski definition) is 0. The summed E-state index contributed by atoms with van der Waals surface area (Å²) in [4.78, 5) is 30.8. The highest BCUT2D eigenvalue weighted by Crippen LogP contribution is 2.37. The molecule has 0 aromatic carbocycles. The van der Waals surface area contributed by atoms with E-state index in [1.54, 1.807) is 11.3 Å². The number of thiophene rings is 1. The number of carbonyl (C=O) groups is 2. The van der Waals surface area contributed by atoms with Crippen LogP contribution in [0.25, 0.3) is 0 Å². The van der Waals surface area contributed by atoms with Gasteiger partial charge < -0.3 is 9.80 Å². The summed E-state index contributed by atoms with van der Waals surface area (Å²) in [6.07, 6.45) is 3.06. The molecule has 1 aromatic heterocycles.